The van der Waals surface area contributed by atoms with E-state index in [4.69, 9.17) is 15.2 Å². The zero-order valence-electron chi connectivity index (χ0n) is 9.41. The average Bonchev–Trinajstić information content (AvgIpc) is 2.27. The molecule has 17 heavy (non-hydrogen) atoms. The molecule has 2 N–H and O–H groups in total. The van der Waals surface area contributed by atoms with Crippen molar-refractivity contribution in [2.45, 2.75) is 12.7 Å². The minimum Gasteiger partial charge on any atom is -0.376 e. The summed E-state index contributed by atoms with van der Waals surface area (Å²) in [5, 5.41) is 0. The van der Waals surface area contributed by atoms with Crippen molar-refractivity contribution in [3.63, 3.8) is 0 Å². The van der Waals surface area contributed by atoms with E-state index in [1.54, 1.807) is 12.1 Å². The maximum atomic E-state index is 13.6. The summed E-state index contributed by atoms with van der Waals surface area (Å²) in [6.45, 7) is 1.74. The molecule has 1 heterocycles. The second-order valence-corrected chi connectivity index (χ2v) is 3.78. The Balaban J connectivity index is 1.97. The van der Waals surface area contributed by atoms with Crippen LogP contribution in [-0.4, -0.2) is 25.9 Å². The molecular formula is C13H14FNO2. The fourth-order valence-corrected chi connectivity index (χ4v) is 1.41. The van der Waals surface area contributed by atoms with Crippen LogP contribution in [0.15, 0.2) is 18.2 Å². The summed E-state index contributed by atoms with van der Waals surface area (Å²) in [5.41, 5.74) is 6.41. The summed E-state index contributed by atoms with van der Waals surface area (Å²) in [7, 11) is 0. The second-order valence-electron chi connectivity index (χ2n) is 3.78. The average molecular weight is 235 g/mol. The summed E-state index contributed by atoms with van der Waals surface area (Å²) in [6.07, 6.45) is 0.103. The molecule has 1 saturated heterocycles. The lowest BCUT2D eigenvalue weighted by atomic mass is 10.1. The van der Waals surface area contributed by atoms with E-state index in [2.05, 4.69) is 11.8 Å². The van der Waals surface area contributed by atoms with Crippen LogP contribution in [0.4, 0.5) is 4.39 Å². The van der Waals surface area contributed by atoms with E-state index in [1.165, 1.54) is 6.07 Å². The normalized spacial score (nSPS) is 14.9. The van der Waals surface area contributed by atoms with Crippen LogP contribution in [0.5, 0.6) is 0 Å². The first-order valence-electron chi connectivity index (χ1n) is 5.46. The number of halogens is 1. The summed E-state index contributed by atoms with van der Waals surface area (Å²) in [5.74, 6) is 5.17. The zero-order valence-corrected chi connectivity index (χ0v) is 9.41. The highest BCUT2D eigenvalue weighted by molar-refractivity contribution is 5.37. The molecule has 1 aliphatic rings. The zero-order chi connectivity index (χ0) is 12.1. The van der Waals surface area contributed by atoms with E-state index >= 15 is 0 Å². The van der Waals surface area contributed by atoms with Gasteiger partial charge in [0.15, 0.2) is 0 Å². The Morgan fingerprint density at radius 2 is 2.29 bits per heavy atom. The maximum Gasteiger partial charge on any atom is 0.129 e. The van der Waals surface area contributed by atoms with Crippen LogP contribution in [0.2, 0.25) is 0 Å². The number of rotatable bonds is 3. The smallest absolute Gasteiger partial charge is 0.129 e. The summed E-state index contributed by atoms with van der Waals surface area (Å²) in [4.78, 5) is 0. The Hall–Kier alpha value is -1.41. The molecule has 1 fully saturated rings. The van der Waals surface area contributed by atoms with Gasteiger partial charge in [-0.15, -0.1) is 0 Å². The predicted molar refractivity (Wildman–Crippen MR) is 61.7 cm³/mol. The number of ether oxygens (including phenoxy) is 2. The molecule has 0 radical (unpaired) electrons. The minimum atomic E-state index is -0.297. The molecule has 2 rings (SSSR count). The van der Waals surface area contributed by atoms with Crippen LogP contribution >= 0.6 is 0 Å². The lowest BCUT2D eigenvalue weighted by Gasteiger charge is -2.26. The molecule has 1 aromatic carbocycles. The van der Waals surface area contributed by atoms with Crippen molar-refractivity contribution in [2.24, 2.45) is 5.73 Å². The van der Waals surface area contributed by atoms with Crippen LogP contribution in [0, 0.1) is 17.7 Å². The van der Waals surface area contributed by atoms with E-state index in [-0.39, 0.29) is 25.1 Å². The van der Waals surface area contributed by atoms with Crippen LogP contribution < -0.4 is 5.73 Å². The van der Waals surface area contributed by atoms with Gasteiger partial charge in [0.2, 0.25) is 0 Å². The lowest BCUT2D eigenvalue weighted by Crippen LogP contribution is -2.35. The van der Waals surface area contributed by atoms with Crippen molar-refractivity contribution in [3.8, 4) is 11.8 Å². The maximum absolute atomic E-state index is 13.6. The Bertz CT molecular complexity index is 446. The minimum absolute atomic E-state index is 0.103. The van der Waals surface area contributed by atoms with Gasteiger partial charge in [-0.2, -0.15) is 0 Å². The molecule has 3 nitrogen and oxygen atoms in total. The molecular weight excluding hydrogens is 221 g/mol. The van der Waals surface area contributed by atoms with Gasteiger partial charge in [0.1, 0.15) is 11.9 Å². The number of nitrogens with two attached hydrogens (primary N) is 1. The van der Waals surface area contributed by atoms with E-state index in [9.17, 15) is 4.39 Å². The molecule has 90 valence electrons. The Morgan fingerprint density at radius 1 is 1.47 bits per heavy atom. The van der Waals surface area contributed by atoms with Crippen molar-refractivity contribution in [2.75, 3.05) is 19.8 Å². The Kier molecular flexibility index (Phi) is 4.10. The first-order chi connectivity index (χ1) is 8.29. The third-order valence-electron chi connectivity index (χ3n) is 2.47. The van der Waals surface area contributed by atoms with E-state index in [0.717, 1.165) is 0 Å². The molecule has 0 saturated carbocycles. The molecule has 0 aliphatic carbocycles. The quantitative estimate of drug-likeness (QED) is 0.796. The van der Waals surface area contributed by atoms with Crippen molar-refractivity contribution in [3.05, 3.63) is 35.1 Å². The van der Waals surface area contributed by atoms with Gasteiger partial charge >= 0.3 is 0 Å². The highest BCUT2D eigenvalue weighted by atomic mass is 19.1. The summed E-state index contributed by atoms with van der Waals surface area (Å²) >= 11 is 0. The summed E-state index contributed by atoms with van der Waals surface area (Å²) in [6, 6.07) is 4.86. The van der Waals surface area contributed by atoms with Crippen LogP contribution in [0.1, 0.15) is 11.1 Å². The number of benzene rings is 1. The van der Waals surface area contributed by atoms with Crippen molar-refractivity contribution in [1.82, 2.24) is 0 Å². The van der Waals surface area contributed by atoms with Crippen LogP contribution in [-0.2, 0) is 16.1 Å². The first-order valence-corrected chi connectivity index (χ1v) is 5.46. The first kappa shape index (κ1) is 12.1. The van der Waals surface area contributed by atoms with Crippen LogP contribution in [0.25, 0.3) is 0 Å². The fraction of sp³-hybridized carbons (Fsp3) is 0.385. The molecule has 0 atom stereocenters. The summed E-state index contributed by atoms with van der Waals surface area (Å²) < 4.78 is 24.1. The van der Waals surface area contributed by atoms with Gasteiger partial charge < -0.3 is 15.2 Å². The van der Waals surface area contributed by atoms with Crippen molar-refractivity contribution in [1.29, 1.82) is 0 Å². The topological polar surface area (TPSA) is 44.5 Å². The largest absolute Gasteiger partial charge is 0.376 e. The molecule has 4 heteroatoms. The molecule has 0 bridgehead atoms. The predicted octanol–water partition coefficient (Wildman–Crippen LogP) is 1.05. The van der Waals surface area contributed by atoms with E-state index < -0.39 is 0 Å². The highest BCUT2D eigenvalue weighted by Crippen LogP contribution is 2.14. The van der Waals surface area contributed by atoms with Gasteiger partial charge in [-0.25, -0.2) is 4.39 Å². The molecule has 0 spiro atoms. The Morgan fingerprint density at radius 3 is 2.88 bits per heavy atom. The lowest BCUT2D eigenvalue weighted by molar-refractivity contribution is -0.135. The molecule has 1 aromatic rings. The van der Waals surface area contributed by atoms with Crippen molar-refractivity contribution < 1.29 is 13.9 Å². The SMILES string of the molecule is NCC#Cc1ccc(COC2COC2)c(F)c1. The number of hydrogen-bond acceptors (Lipinski definition) is 3. The monoisotopic (exact) mass is 235 g/mol. The molecule has 0 unspecified atom stereocenters. The van der Waals surface area contributed by atoms with E-state index in [1.807, 2.05) is 0 Å². The molecule has 0 aromatic heterocycles. The fourth-order valence-electron chi connectivity index (χ4n) is 1.41. The highest BCUT2D eigenvalue weighted by Gasteiger charge is 2.19. The van der Waals surface area contributed by atoms with Gasteiger partial charge in [-0.05, 0) is 12.1 Å². The standard InChI is InChI=1S/C13H14FNO2/c14-13-6-10(2-1-5-15)3-4-11(13)7-17-12-8-16-9-12/h3-4,6,12H,5,7-9,15H2. The van der Waals surface area contributed by atoms with Gasteiger partial charge in [0.05, 0.1) is 26.4 Å². The number of hydrogen-bond donors (Lipinski definition) is 1. The van der Waals surface area contributed by atoms with Gasteiger partial charge in [0, 0.05) is 11.1 Å². The third kappa shape index (κ3) is 3.27. The Labute approximate surface area is 99.7 Å². The third-order valence-corrected chi connectivity index (χ3v) is 2.47. The van der Waals surface area contributed by atoms with Crippen LogP contribution in [0.3, 0.4) is 0 Å². The van der Waals surface area contributed by atoms with E-state index in [0.29, 0.717) is 24.3 Å². The molecule has 0 amide bonds. The van der Waals surface area contributed by atoms with Crippen molar-refractivity contribution >= 4 is 0 Å². The van der Waals surface area contributed by atoms with Gasteiger partial charge in [-0.3, -0.25) is 0 Å². The van der Waals surface area contributed by atoms with Gasteiger partial charge in [-0.1, -0.05) is 17.9 Å². The van der Waals surface area contributed by atoms with Gasteiger partial charge in [0.25, 0.3) is 0 Å². The molecule has 1 aliphatic heterocycles. The second kappa shape index (κ2) is 5.78.